The topological polar surface area (TPSA) is 84.9 Å². The summed E-state index contributed by atoms with van der Waals surface area (Å²) >= 11 is 0. The Morgan fingerprint density at radius 2 is 1.62 bits per heavy atom. The number of aliphatic carboxylic acids is 1. The van der Waals surface area contributed by atoms with Crippen LogP contribution >= 0.6 is 0 Å². The molecule has 6 heteroatoms. The van der Waals surface area contributed by atoms with E-state index in [1.165, 1.54) is 32.1 Å². The maximum Gasteiger partial charge on any atom is 0.438 e. The van der Waals surface area contributed by atoms with E-state index >= 15 is 0 Å². The summed E-state index contributed by atoms with van der Waals surface area (Å²) in [5, 5.41) is 11.0. The number of rotatable bonds is 14. The van der Waals surface area contributed by atoms with Crippen molar-refractivity contribution in [3.05, 3.63) is 0 Å². The number of hydrogen-bond acceptors (Lipinski definition) is 4. The third kappa shape index (κ3) is 16.6. The Bertz CT molecular complexity index is 271. The van der Waals surface area contributed by atoms with Crippen molar-refractivity contribution in [2.45, 2.75) is 71.1 Å². The number of amides is 1. The first-order valence-corrected chi connectivity index (χ1v) is 7.96. The molecule has 0 aliphatic rings. The van der Waals surface area contributed by atoms with Gasteiger partial charge in [0.1, 0.15) is 0 Å². The summed E-state index contributed by atoms with van der Waals surface area (Å²) in [6.07, 6.45) is 8.96. The van der Waals surface area contributed by atoms with Crippen LogP contribution in [0.4, 0.5) is 4.79 Å². The highest BCUT2D eigenvalue weighted by molar-refractivity contribution is 5.66. The third-order valence-corrected chi connectivity index (χ3v) is 3.05. The fourth-order valence-corrected chi connectivity index (χ4v) is 1.83. The van der Waals surface area contributed by atoms with Crippen LogP contribution in [0.25, 0.3) is 0 Å². The number of unbranched alkanes of at least 4 members (excludes halogenated alkanes) is 7. The highest BCUT2D eigenvalue weighted by atomic mass is 17.2. The fraction of sp³-hybridized carbons (Fsp3) is 0.867. The van der Waals surface area contributed by atoms with Gasteiger partial charge in [-0.1, -0.05) is 45.4 Å². The van der Waals surface area contributed by atoms with Crippen molar-refractivity contribution in [2.75, 3.05) is 13.2 Å². The van der Waals surface area contributed by atoms with Gasteiger partial charge in [-0.25, -0.2) is 4.79 Å². The molecular weight excluding hydrogens is 274 g/mol. The zero-order chi connectivity index (χ0) is 15.8. The molecular formula is C15H29NO5. The van der Waals surface area contributed by atoms with Crippen molar-refractivity contribution < 1.29 is 24.5 Å². The van der Waals surface area contributed by atoms with Gasteiger partial charge < -0.3 is 10.4 Å². The van der Waals surface area contributed by atoms with Gasteiger partial charge in [0.2, 0.25) is 0 Å². The van der Waals surface area contributed by atoms with Crippen LogP contribution in [0.3, 0.4) is 0 Å². The standard InChI is InChI=1S/C15H29NO5/c1-2-3-4-5-6-7-9-12-16-15(19)21-20-13-10-8-11-14(17)18/h2-13H2,1H3,(H,16,19)(H,17,18). The molecule has 0 saturated carbocycles. The molecule has 0 bridgehead atoms. The average Bonchev–Trinajstić information content (AvgIpc) is 2.45. The maximum absolute atomic E-state index is 11.2. The van der Waals surface area contributed by atoms with Crippen molar-refractivity contribution in [3.63, 3.8) is 0 Å². The van der Waals surface area contributed by atoms with Gasteiger partial charge in [-0.05, 0) is 19.3 Å². The van der Waals surface area contributed by atoms with Gasteiger partial charge in [0.25, 0.3) is 0 Å². The molecule has 0 heterocycles. The Labute approximate surface area is 127 Å². The maximum atomic E-state index is 11.2. The van der Waals surface area contributed by atoms with Crippen molar-refractivity contribution in [1.82, 2.24) is 5.32 Å². The number of carboxylic acids is 1. The predicted octanol–water partition coefficient (Wildman–Crippen LogP) is 3.65. The van der Waals surface area contributed by atoms with Crippen LogP contribution in [0.5, 0.6) is 0 Å². The van der Waals surface area contributed by atoms with E-state index in [2.05, 4.69) is 17.1 Å². The SMILES string of the molecule is CCCCCCCCCNC(=O)OOCCCCC(=O)O. The first-order valence-electron chi connectivity index (χ1n) is 7.96. The van der Waals surface area contributed by atoms with E-state index in [-0.39, 0.29) is 13.0 Å². The fourth-order valence-electron chi connectivity index (χ4n) is 1.83. The van der Waals surface area contributed by atoms with Crippen LogP contribution < -0.4 is 5.32 Å². The van der Waals surface area contributed by atoms with Gasteiger partial charge in [0, 0.05) is 13.0 Å². The number of nitrogens with one attached hydrogen (secondary N) is 1. The lowest BCUT2D eigenvalue weighted by Crippen LogP contribution is -2.25. The molecule has 0 fully saturated rings. The lowest BCUT2D eigenvalue weighted by atomic mass is 10.1. The van der Waals surface area contributed by atoms with E-state index in [0.717, 1.165) is 12.8 Å². The second-order valence-electron chi connectivity index (χ2n) is 5.09. The van der Waals surface area contributed by atoms with Crippen molar-refractivity contribution >= 4 is 12.1 Å². The molecule has 0 spiro atoms. The molecule has 21 heavy (non-hydrogen) atoms. The summed E-state index contributed by atoms with van der Waals surface area (Å²) in [5.74, 6) is -0.830. The molecule has 0 aromatic rings. The smallest absolute Gasteiger partial charge is 0.438 e. The van der Waals surface area contributed by atoms with E-state index in [9.17, 15) is 9.59 Å². The summed E-state index contributed by atoms with van der Waals surface area (Å²) in [4.78, 5) is 30.7. The molecule has 0 rings (SSSR count). The molecule has 2 N–H and O–H groups in total. The van der Waals surface area contributed by atoms with E-state index in [1.54, 1.807) is 0 Å². The van der Waals surface area contributed by atoms with Gasteiger partial charge >= 0.3 is 12.1 Å². The molecule has 0 radical (unpaired) electrons. The second kappa shape index (κ2) is 15.1. The van der Waals surface area contributed by atoms with Crippen LogP contribution in [0, 0.1) is 0 Å². The summed E-state index contributed by atoms with van der Waals surface area (Å²) < 4.78 is 0. The van der Waals surface area contributed by atoms with Crippen LogP contribution in [-0.4, -0.2) is 30.3 Å². The van der Waals surface area contributed by atoms with Crippen molar-refractivity contribution in [1.29, 1.82) is 0 Å². The molecule has 0 atom stereocenters. The average molecular weight is 303 g/mol. The quantitative estimate of drug-likeness (QED) is 0.291. The molecule has 0 aliphatic heterocycles. The lowest BCUT2D eigenvalue weighted by Gasteiger charge is -2.05. The number of carbonyl (C=O) groups excluding carboxylic acids is 1. The van der Waals surface area contributed by atoms with E-state index in [4.69, 9.17) is 9.99 Å². The van der Waals surface area contributed by atoms with E-state index < -0.39 is 12.1 Å². The van der Waals surface area contributed by atoms with E-state index in [1.807, 2.05) is 0 Å². The number of carboxylic acid groups (broad SMARTS) is 1. The van der Waals surface area contributed by atoms with Crippen LogP contribution in [0.2, 0.25) is 0 Å². The van der Waals surface area contributed by atoms with Gasteiger partial charge in [-0.3, -0.25) is 9.68 Å². The van der Waals surface area contributed by atoms with Crippen LogP contribution in [-0.2, 0) is 14.6 Å². The third-order valence-electron chi connectivity index (χ3n) is 3.05. The first-order chi connectivity index (χ1) is 10.2. The zero-order valence-electron chi connectivity index (χ0n) is 13.1. The zero-order valence-corrected chi connectivity index (χ0v) is 13.1. The van der Waals surface area contributed by atoms with Crippen molar-refractivity contribution in [3.8, 4) is 0 Å². The summed E-state index contributed by atoms with van der Waals surface area (Å²) in [7, 11) is 0. The van der Waals surface area contributed by atoms with Crippen LogP contribution in [0.15, 0.2) is 0 Å². The van der Waals surface area contributed by atoms with Crippen molar-refractivity contribution in [2.24, 2.45) is 0 Å². The first kappa shape index (κ1) is 19.7. The largest absolute Gasteiger partial charge is 0.481 e. The predicted molar refractivity (Wildman–Crippen MR) is 79.9 cm³/mol. The molecule has 0 aromatic carbocycles. The Morgan fingerprint density at radius 3 is 2.29 bits per heavy atom. The Hall–Kier alpha value is -1.30. The van der Waals surface area contributed by atoms with Gasteiger partial charge in [0.15, 0.2) is 0 Å². The van der Waals surface area contributed by atoms with Gasteiger partial charge in [-0.15, -0.1) is 0 Å². The minimum absolute atomic E-state index is 0.105. The highest BCUT2D eigenvalue weighted by Crippen LogP contribution is 2.06. The second-order valence-corrected chi connectivity index (χ2v) is 5.09. The number of carbonyl (C=O) groups is 2. The van der Waals surface area contributed by atoms with Crippen LogP contribution in [0.1, 0.15) is 71.1 Å². The molecule has 6 nitrogen and oxygen atoms in total. The molecule has 0 aliphatic carbocycles. The molecule has 1 amide bonds. The molecule has 124 valence electrons. The number of hydrogen-bond donors (Lipinski definition) is 2. The monoisotopic (exact) mass is 303 g/mol. The minimum atomic E-state index is -0.830. The lowest BCUT2D eigenvalue weighted by molar-refractivity contribution is -0.239. The minimum Gasteiger partial charge on any atom is -0.481 e. The molecule has 0 saturated heterocycles. The molecule has 0 aromatic heterocycles. The highest BCUT2D eigenvalue weighted by Gasteiger charge is 2.02. The summed E-state index contributed by atoms with van der Waals surface area (Å²) in [6.45, 7) is 3.01. The Kier molecular flexibility index (Phi) is 14.2. The van der Waals surface area contributed by atoms with Gasteiger partial charge in [0.05, 0.1) is 6.61 Å². The normalized spacial score (nSPS) is 10.3. The summed E-state index contributed by atoms with van der Waals surface area (Å²) in [5.41, 5.74) is 0. The van der Waals surface area contributed by atoms with Gasteiger partial charge in [-0.2, -0.15) is 4.89 Å². The Balaban J connectivity index is 3.18. The molecule has 0 unspecified atom stereocenters. The van der Waals surface area contributed by atoms with E-state index in [0.29, 0.717) is 19.4 Å². The summed E-state index contributed by atoms with van der Waals surface area (Å²) in [6, 6.07) is 0. The Morgan fingerprint density at radius 1 is 0.952 bits per heavy atom.